The largest absolute Gasteiger partial charge is 0.328 e. The van der Waals surface area contributed by atoms with Crippen LogP contribution in [0.15, 0.2) is 0 Å². The van der Waals surface area contributed by atoms with Crippen LogP contribution in [0.25, 0.3) is 0 Å². The van der Waals surface area contributed by atoms with Gasteiger partial charge in [-0.3, -0.25) is 4.57 Å². The van der Waals surface area contributed by atoms with Crippen LogP contribution in [0, 0.1) is 5.92 Å². The Balaban J connectivity index is 3.54. The molecule has 0 rings (SSSR count). The van der Waals surface area contributed by atoms with Crippen LogP contribution in [0.4, 0.5) is 0 Å². The molecule has 1 N–H and O–H groups in total. The lowest BCUT2D eigenvalue weighted by Gasteiger charge is -2.11. The van der Waals surface area contributed by atoms with Gasteiger partial charge in [0.05, 0.1) is 6.61 Å². The molecule has 0 aliphatic heterocycles. The summed E-state index contributed by atoms with van der Waals surface area (Å²) >= 11 is 0. The maximum absolute atomic E-state index is 11.1. The molecule has 0 amide bonds. The molecule has 3 nitrogen and oxygen atoms in total. The molecule has 4 heteroatoms. The van der Waals surface area contributed by atoms with Crippen molar-refractivity contribution < 1.29 is 14.0 Å². The Labute approximate surface area is 74.7 Å². The van der Waals surface area contributed by atoms with E-state index < -0.39 is 7.60 Å². The van der Waals surface area contributed by atoms with E-state index in [0.29, 0.717) is 18.9 Å². The first-order chi connectivity index (χ1) is 5.48. The summed E-state index contributed by atoms with van der Waals surface area (Å²) in [5, 5.41) is 0. The molecular formula is C8H19O3P. The van der Waals surface area contributed by atoms with E-state index in [9.17, 15) is 4.57 Å². The van der Waals surface area contributed by atoms with Crippen LogP contribution in [0.5, 0.6) is 0 Å². The van der Waals surface area contributed by atoms with E-state index in [2.05, 4.69) is 13.8 Å². The first-order valence-corrected chi connectivity index (χ1v) is 6.20. The molecule has 0 aliphatic rings. The minimum Gasteiger partial charge on any atom is -0.324 e. The summed E-state index contributed by atoms with van der Waals surface area (Å²) < 4.78 is 16.0. The lowest BCUT2D eigenvalue weighted by molar-refractivity contribution is 0.243. The normalized spacial score (nSPS) is 16.4. The predicted molar refractivity (Wildman–Crippen MR) is 50.4 cm³/mol. The van der Waals surface area contributed by atoms with Crippen molar-refractivity contribution >= 4 is 7.60 Å². The van der Waals surface area contributed by atoms with Crippen LogP contribution in [0.1, 0.15) is 33.6 Å². The van der Waals surface area contributed by atoms with E-state index in [0.717, 1.165) is 6.42 Å². The van der Waals surface area contributed by atoms with Gasteiger partial charge in [-0.1, -0.05) is 20.8 Å². The van der Waals surface area contributed by atoms with E-state index in [1.165, 1.54) is 0 Å². The molecule has 0 heterocycles. The smallest absolute Gasteiger partial charge is 0.324 e. The Morgan fingerprint density at radius 1 is 1.50 bits per heavy atom. The molecule has 0 radical (unpaired) electrons. The fourth-order valence-corrected chi connectivity index (χ4v) is 1.86. The first kappa shape index (κ1) is 12.2. The summed E-state index contributed by atoms with van der Waals surface area (Å²) in [5.41, 5.74) is 0. The molecule has 1 atom stereocenters. The Bertz CT molecular complexity index is 156. The van der Waals surface area contributed by atoms with Crippen molar-refractivity contribution in [2.45, 2.75) is 33.6 Å². The molecule has 0 aliphatic carbocycles. The van der Waals surface area contributed by atoms with Crippen molar-refractivity contribution in [1.29, 1.82) is 0 Å². The van der Waals surface area contributed by atoms with Crippen molar-refractivity contribution in [2.75, 3.05) is 12.8 Å². The maximum atomic E-state index is 11.1. The van der Waals surface area contributed by atoms with E-state index >= 15 is 0 Å². The van der Waals surface area contributed by atoms with E-state index in [1.54, 1.807) is 0 Å². The van der Waals surface area contributed by atoms with Gasteiger partial charge in [0.25, 0.3) is 0 Å². The van der Waals surface area contributed by atoms with Gasteiger partial charge in [0, 0.05) is 6.16 Å². The lowest BCUT2D eigenvalue weighted by atomic mass is 10.2. The average Bonchev–Trinajstić information content (AvgIpc) is 1.85. The Morgan fingerprint density at radius 2 is 2.08 bits per heavy atom. The fourth-order valence-electron chi connectivity index (χ4n) is 0.778. The summed E-state index contributed by atoms with van der Waals surface area (Å²) in [4.78, 5) is 9.16. The molecule has 74 valence electrons. The summed E-state index contributed by atoms with van der Waals surface area (Å²) in [5.74, 6) is 0.520. The van der Waals surface area contributed by atoms with Crippen LogP contribution in [0.2, 0.25) is 0 Å². The molecule has 0 spiro atoms. The second kappa shape index (κ2) is 5.74. The quantitative estimate of drug-likeness (QED) is 0.661. The minimum atomic E-state index is -3.25. The minimum absolute atomic E-state index is 0.269. The fraction of sp³-hybridized carbons (Fsp3) is 1.00. The third-order valence-corrected chi connectivity index (χ3v) is 3.09. The van der Waals surface area contributed by atoms with E-state index in [1.807, 2.05) is 6.92 Å². The molecule has 0 bridgehead atoms. The molecule has 0 aromatic rings. The summed E-state index contributed by atoms with van der Waals surface area (Å²) in [6.07, 6.45) is 1.80. The second-order valence-electron chi connectivity index (χ2n) is 3.38. The molecule has 0 fully saturated rings. The topological polar surface area (TPSA) is 46.5 Å². The Morgan fingerprint density at radius 3 is 2.50 bits per heavy atom. The van der Waals surface area contributed by atoms with Crippen LogP contribution in [0.3, 0.4) is 0 Å². The molecule has 1 unspecified atom stereocenters. The maximum Gasteiger partial charge on any atom is 0.328 e. The van der Waals surface area contributed by atoms with Crippen molar-refractivity contribution in [3.8, 4) is 0 Å². The number of rotatable bonds is 6. The van der Waals surface area contributed by atoms with Crippen molar-refractivity contribution in [3.05, 3.63) is 0 Å². The van der Waals surface area contributed by atoms with Crippen LogP contribution in [-0.2, 0) is 9.09 Å². The van der Waals surface area contributed by atoms with Crippen molar-refractivity contribution in [2.24, 2.45) is 5.92 Å². The van der Waals surface area contributed by atoms with Gasteiger partial charge in [0.2, 0.25) is 0 Å². The SMILES string of the molecule is CCCP(=O)(O)OCCC(C)C. The second-order valence-corrected chi connectivity index (χ2v) is 5.36. The average molecular weight is 194 g/mol. The van der Waals surface area contributed by atoms with E-state index in [4.69, 9.17) is 9.42 Å². The van der Waals surface area contributed by atoms with Gasteiger partial charge in [0.1, 0.15) is 0 Å². The summed E-state index contributed by atoms with van der Waals surface area (Å²) in [7, 11) is -3.25. The third kappa shape index (κ3) is 6.84. The molecular weight excluding hydrogens is 175 g/mol. The molecule has 12 heavy (non-hydrogen) atoms. The highest BCUT2D eigenvalue weighted by Crippen LogP contribution is 2.42. The van der Waals surface area contributed by atoms with E-state index in [-0.39, 0.29) is 6.16 Å². The molecule has 0 aromatic heterocycles. The van der Waals surface area contributed by atoms with Crippen molar-refractivity contribution in [3.63, 3.8) is 0 Å². The molecule has 0 saturated carbocycles. The van der Waals surface area contributed by atoms with Crippen LogP contribution >= 0.6 is 7.60 Å². The van der Waals surface area contributed by atoms with Gasteiger partial charge in [-0.15, -0.1) is 0 Å². The first-order valence-electron chi connectivity index (χ1n) is 4.44. The summed E-state index contributed by atoms with van der Waals surface area (Å²) in [6.45, 7) is 6.39. The number of hydrogen-bond donors (Lipinski definition) is 1. The van der Waals surface area contributed by atoms with Crippen LogP contribution < -0.4 is 0 Å². The summed E-state index contributed by atoms with van der Waals surface area (Å²) in [6, 6.07) is 0. The number of hydrogen-bond acceptors (Lipinski definition) is 2. The zero-order chi connectivity index (χ0) is 9.61. The van der Waals surface area contributed by atoms with Gasteiger partial charge >= 0.3 is 7.60 Å². The van der Waals surface area contributed by atoms with Gasteiger partial charge in [0.15, 0.2) is 0 Å². The lowest BCUT2D eigenvalue weighted by Crippen LogP contribution is -1.99. The zero-order valence-electron chi connectivity index (χ0n) is 8.12. The van der Waals surface area contributed by atoms with Gasteiger partial charge in [-0.25, -0.2) is 0 Å². The Hall–Kier alpha value is 0.150. The standard InChI is InChI=1S/C8H19O3P/c1-4-7-12(9,10)11-6-5-8(2)3/h8H,4-7H2,1-3H3,(H,9,10). The predicted octanol–water partition coefficient (Wildman–Crippen LogP) is 2.64. The molecule has 0 saturated heterocycles. The van der Waals surface area contributed by atoms with Gasteiger partial charge < -0.3 is 9.42 Å². The van der Waals surface area contributed by atoms with Crippen LogP contribution in [-0.4, -0.2) is 17.7 Å². The molecule has 0 aromatic carbocycles. The zero-order valence-corrected chi connectivity index (χ0v) is 9.01. The van der Waals surface area contributed by atoms with Gasteiger partial charge in [-0.05, 0) is 18.8 Å². The highest BCUT2D eigenvalue weighted by atomic mass is 31.2. The highest BCUT2D eigenvalue weighted by Gasteiger charge is 2.16. The third-order valence-electron chi connectivity index (χ3n) is 1.49. The van der Waals surface area contributed by atoms with Crippen molar-refractivity contribution in [1.82, 2.24) is 0 Å². The monoisotopic (exact) mass is 194 g/mol. The van der Waals surface area contributed by atoms with Gasteiger partial charge in [-0.2, -0.15) is 0 Å². The Kier molecular flexibility index (Phi) is 5.81. The highest BCUT2D eigenvalue weighted by molar-refractivity contribution is 7.52.